The van der Waals surface area contributed by atoms with Crippen LogP contribution in [0, 0.1) is 11.7 Å². The Morgan fingerprint density at radius 1 is 1.58 bits per heavy atom. The number of rotatable bonds is 4. The van der Waals surface area contributed by atoms with Gasteiger partial charge in [-0.3, -0.25) is 4.79 Å². The Morgan fingerprint density at radius 3 is 3.05 bits per heavy atom. The lowest BCUT2D eigenvalue weighted by Crippen LogP contribution is -2.40. The predicted molar refractivity (Wildman–Crippen MR) is 70.4 cm³/mol. The Bertz CT molecular complexity index is 445. The fourth-order valence-electron chi connectivity index (χ4n) is 2.23. The standard InChI is InChI=1S/C14H19FN2O2/c1-19-13-5-4-10(7-12(13)15)8-17-14(18)11-3-2-6-16-9-11/h4-5,7,11,16H,2-3,6,8-9H2,1H3,(H,17,18). The molecule has 0 spiro atoms. The highest BCUT2D eigenvalue weighted by Crippen LogP contribution is 2.17. The number of hydrogen-bond donors (Lipinski definition) is 2. The average molecular weight is 266 g/mol. The zero-order valence-electron chi connectivity index (χ0n) is 11.0. The van der Waals surface area contributed by atoms with Gasteiger partial charge in [0.05, 0.1) is 13.0 Å². The summed E-state index contributed by atoms with van der Waals surface area (Å²) in [5, 5.41) is 6.05. The summed E-state index contributed by atoms with van der Waals surface area (Å²) in [4.78, 5) is 11.9. The van der Waals surface area contributed by atoms with Gasteiger partial charge < -0.3 is 15.4 Å². The van der Waals surface area contributed by atoms with E-state index in [4.69, 9.17) is 4.74 Å². The Morgan fingerprint density at radius 2 is 2.42 bits per heavy atom. The normalized spacial score (nSPS) is 18.9. The molecule has 104 valence electrons. The summed E-state index contributed by atoms with van der Waals surface area (Å²) in [7, 11) is 1.43. The van der Waals surface area contributed by atoms with Crippen LogP contribution in [0.2, 0.25) is 0 Å². The van der Waals surface area contributed by atoms with Crippen LogP contribution in [0.4, 0.5) is 4.39 Å². The lowest BCUT2D eigenvalue weighted by molar-refractivity contribution is -0.125. The number of carbonyl (C=O) groups is 1. The van der Waals surface area contributed by atoms with E-state index in [0.717, 1.165) is 31.5 Å². The van der Waals surface area contributed by atoms with E-state index in [2.05, 4.69) is 10.6 Å². The maximum Gasteiger partial charge on any atom is 0.224 e. The molecule has 2 rings (SSSR count). The van der Waals surface area contributed by atoms with Crippen LogP contribution in [-0.2, 0) is 11.3 Å². The molecule has 0 radical (unpaired) electrons. The molecule has 0 aromatic heterocycles. The van der Waals surface area contributed by atoms with Gasteiger partial charge in [-0.15, -0.1) is 0 Å². The molecule has 1 aromatic carbocycles. The van der Waals surface area contributed by atoms with Gasteiger partial charge in [0.1, 0.15) is 0 Å². The molecule has 1 unspecified atom stereocenters. The molecule has 0 aliphatic carbocycles. The highest BCUT2D eigenvalue weighted by Gasteiger charge is 2.20. The smallest absolute Gasteiger partial charge is 0.224 e. The lowest BCUT2D eigenvalue weighted by atomic mass is 9.99. The largest absolute Gasteiger partial charge is 0.494 e. The van der Waals surface area contributed by atoms with Crippen molar-refractivity contribution in [3.63, 3.8) is 0 Å². The van der Waals surface area contributed by atoms with E-state index in [1.165, 1.54) is 13.2 Å². The first-order chi connectivity index (χ1) is 9.20. The molecule has 1 fully saturated rings. The van der Waals surface area contributed by atoms with Crippen LogP contribution in [-0.4, -0.2) is 26.1 Å². The second kappa shape index (κ2) is 6.52. The monoisotopic (exact) mass is 266 g/mol. The molecule has 1 saturated heterocycles. The lowest BCUT2D eigenvalue weighted by Gasteiger charge is -2.21. The number of carbonyl (C=O) groups excluding carboxylic acids is 1. The maximum absolute atomic E-state index is 13.5. The van der Waals surface area contributed by atoms with Crippen molar-refractivity contribution in [1.29, 1.82) is 0 Å². The molecule has 5 heteroatoms. The van der Waals surface area contributed by atoms with Gasteiger partial charge in [-0.2, -0.15) is 0 Å². The summed E-state index contributed by atoms with van der Waals surface area (Å²) in [6, 6.07) is 4.71. The Balaban J connectivity index is 1.87. The van der Waals surface area contributed by atoms with Crippen LogP contribution in [0.15, 0.2) is 18.2 Å². The van der Waals surface area contributed by atoms with Crippen molar-refractivity contribution < 1.29 is 13.9 Å². The number of amides is 1. The molecule has 1 aliphatic heterocycles. The van der Waals surface area contributed by atoms with E-state index in [9.17, 15) is 9.18 Å². The van der Waals surface area contributed by atoms with Gasteiger partial charge in [-0.1, -0.05) is 6.07 Å². The molecule has 0 bridgehead atoms. The zero-order chi connectivity index (χ0) is 13.7. The van der Waals surface area contributed by atoms with Gasteiger partial charge in [0, 0.05) is 13.1 Å². The van der Waals surface area contributed by atoms with E-state index < -0.39 is 5.82 Å². The fraction of sp³-hybridized carbons (Fsp3) is 0.500. The highest BCUT2D eigenvalue weighted by molar-refractivity contribution is 5.78. The highest BCUT2D eigenvalue weighted by atomic mass is 19.1. The van der Waals surface area contributed by atoms with Crippen LogP contribution in [0.5, 0.6) is 5.75 Å². The number of benzene rings is 1. The number of methoxy groups -OCH3 is 1. The second-order valence-corrected chi connectivity index (χ2v) is 4.73. The van der Waals surface area contributed by atoms with Crippen molar-refractivity contribution in [1.82, 2.24) is 10.6 Å². The Hall–Kier alpha value is -1.62. The number of ether oxygens (including phenoxy) is 1. The molecule has 1 atom stereocenters. The third-order valence-electron chi connectivity index (χ3n) is 3.35. The number of nitrogens with one attached hydrogen (secondary N) is 2. The van der Waals surface area contributed by atoms with Crippen molar-refractivity contribution in [2.24, 2.45) is 5.92 Å². The first-order valence-corrected chi connectivity index (χ1v) is 6.51. The van der Waals surface area contributed by atoms with Gasteiger partial charge in [0.15, 0.2) is 11.6 Å². The minimum Gasteiger partial charge on any atom is -0.494 e. The number of piperidine rings is 1. The van der Waals surface area contributed by atoms with Crippen LogP contribution in [0.25, 0.3) is 0 Å². The van der Waals surface area contributed by atoms with Crippen molar-refractivity contribution in [3.8, 4) is 5.75 Å². The first-order valence-electron chi connectivity index (χ1n) is 6.51. The van der Waals surface area contributed by atoms with Crippen LogP contribution < -0.4 is 15.4 Å². The molecule has 1 heterocycles. The quantitative estimate of drug-likeness (QED) is 0.867. The third kappa shape index (κ3) is 3.67. The summed E-state index contributed by atoms with van der Waals surface area (Å²) in [5.74, 6) is -0.139. The van der Waals surface area contributed by atoms with Crippen molar-refractivity contribution in [2.75, 3.05) is 20.2 Å². The summed E-state index contributed by atoms with van der Waals surface area (Å²) >= 11 is 0. The van der Waals surface area contributed by atoms with Gasteiger partial charge in [0.25, 0.3) is 0 Å². The zero-order valence-corrected chi connectivity index (χ0v) is 11.0. The number of hydrogen-bond acceptors (Lipinski definition) is 3. The van der Waals surface area contributed by atoms with Crippen LogP contribution in [0.1, 0.15) is 18.4 Å². The summed E-state index contributed by atoms with van der Waals surface area (Å²) < 4.78 is 18.3. The second-order valence-electron chi connectivity index (χ2n) is 4.73. The Kier molecular flexibility index (Phi) is 4.74. The SMILES string of the molecule is COc1ccc(CNC(=O)C2CCCNC2)cc1F. The molecule has 0 saturated carbocycles. The summed E-state index contributed by atoms with van der Waals surface area (Å²) in [6.45, 7) is 2.05. The van der Waals surface area contributed by atoms with Crippen molar-refractivity contribution >= 4 is 5.91 Å². The van der Waals surface area contributed by atoms with E-state index in [1.54, 1.807) is 12.1 Å². The average Bonchev–Trinajstić information content (AvgIpc) is 2.46. The van der Waals surface area contributed by atoms with Crippen LogP contribution in [0.3, 0.4) is 0 Å². The van der Waals surface area contributed by atoms with E-state index in [0.29, 0.717) is 6.54 Å². The minimum atomic E-state index is -0.409. The summed E-state index contributed by atoms with van der Waals surface area (Å²) in [6.07, 6.45) is 1.94. The Labute approximate surface area is 112 Å². The molecule has 2 N–H and O–H groups in total. The molecule has 1 aliphatic rings. The number of halogens is 1. The fourth-order valence-corrected chi connectivity index (χ4v) is 2.23. The predicted octanol–water partition coefficient (Wildman–Crippen LogP) is 1.45. The topological polar surface area (TPSA) is 50.4 Å². The molecular formula is C14H19FN2O2. The van der Waals surface area contributed by atoms with Gasteiger partial charge >= 0.3 is 0 Å². The molecule has 1 amide bonds. The van der Waals surface area contributed by atoms with E-state index in [1.807, 2.05) is 0 Å². The molecule has 4 nitrogen and oxygen atoms in total. The van der Waals surface area contributed by atoms with Gasteiger partial charge in [-0.25, -0.2) is 4.39 Å². The first kappa shape index (κ1) is 13.8. The van der Waals surface area contributed by atoms with Gasteiger partial charge in [0.2, 0.25) is 5.91 Å². The molecular weight excluding hydrogens is 247 g/mol. The molecule has 1 aromatic rings. The van der Waals surface area contributed by atoms with Crippen molar-refractivity contribution in [3.05, 3.63) is 29.6 Å². The van der Waals surface area contributed by atoms with E-state index >= 15 is 0 Å². The molecule has 19 heavy (non-hydrogen) atoms. The maximum atomic E-state index is 13.5. The summed E-state index contributed by atoms with van der Waals surface area (Å²) in [5.41, 5.74) is 0.732. The third-order valence-corrected chi connectivity index (χ3v) is 3.35. The minimum absolute atomic E-state index is 0.0249. The van der Waals surface area contributed by atoms with Crippen molar-refractivity contribution in [2.45, 2.75) is 19.4 Å². The van der Waals surface area contributed by atoms with Gasteiger partial charge in [-0.05, 0) is 37.1 Å². The van der Waals surface area contributed by atoms with E-state index in [-0.39, 0.29) is 17.6 Å². The van der Waals surface area contributed by atoms with Crippen LogP contribution >= 0.6 is 0 Å².